The van der Waals surface area contributed by atoms with E-state index in [1.807, 2.05) is 49.4 Å². The number of hydrogen-bond donors (Lipinski definition) is 1. The van der Waals surface area contributed by atoms with Crippen molar-refractivity contribution in [2.45, 2.75) is 13.3 Å². The number of aromatic nitrogens is 1. The molecule has 0 saturated carbocycles. The Labute approximate surface area is 177 Å². The zero-order valence-corrected chi connectivity index (χ0v) is 17.2. The van der Waals surface area contributed by atoms with Crippen molar-refractivity contribution in [3.63, 3.8) is 0 Å². The summed E-state index contributed by atoms with van der Waals surface area (Å²) in [5.41, 5.74) is 2.71. The Balaban J connectivity index is 1.73. The first-order valence-corrected chi connectivity index (χ1v) is 9.91. The fourth-order valence-electron chi connectivity index (χ4n) is 2.54. The van der Waals surface area contributed by atoms with Gasteiger partial charge >= 0.3 is 0 Å². The van der Waals surface area contributed by atoms with Crippen molar-refractivity contribution in [1.82, 2.24) is 4.98 Å². The van der Waals surface area contributed by atoms with E-state index in [1.54, 1.807) is 18.3 Å². The number of rotatable bonds is 5. The van der Waals surface area contributed by atoms with Crippen LogP contribution in [0, 0.1) is 18.3 Å². The first kappa shape index (κ1) is 20.1. The van der Waals surface area contributed by atoms with E-state index in [0.29, 0.717) is 21.6 Å². The maximum atomic E-state index is 12.5. The summed E-state index contributed by atoms with van der Waals surface area (Å²) >= 11 is 13.6. The Morgan fingerprint density at radius 1 is 1.25 bits per heavy atom. The minimum atomic E-state index is -0.493. The summed E-state index contributed by atoms with van der Waals surface area (Å²) in [7, 11) is 0. The van der Waals surface area contributed by atoms with Crippen LogP contribution in [0.15, 0.2) is 54.2 Å². The van der Waals surface area contributed by atoms with Crippen molar-refractivity contribution in [2.24, 2.45) is 0 Å². The van der Waals surface area contributed by atoms with Crippen molar-refractivity contribution in [3.8, 4) is 6.07 Å². The summed E-state index contributed by atoms with van der Waals surface area (Å²) < 4.78 is 0. The number of benzene rings is 2. The highest BCUT2D eigenvalue weighted by Crippen LogP contribution is 2.29. The molecule has 1 aromatic heterocycles. The second kappa shape index (κ2) is 9.03. The normalized spacial score (nSPS) is 11.1. The van der Waals surface area contributed by atoms with Gasteiger partial charge in [0.1, 0.15) is 11.6 Å². The third-order valence-corrected chi connectivity index (χ3v) is 5.79. The molecule has 0 fully saturated rings. The minimum Gasteiger partial charge on any atom is -0.297 e. The van der Waals surface area contributed by atoms with Crippen LogP contribution in [0.4, 0.5) is 5.13 Å². The number of halogens is 2. The highest BCUT2D eigenvalue weighted by Gasteiger charge is 2.13. The van der Waals surface area contributed by atoms with E-state index in [2.05, 4.69) is 10.3 Å². The van der Waals surface area contributed by atoms with Gasteiger partial charge < -0.3 is 0 Å². The van der Waals surface area contributed by atoms with E-state index in [1.165, 1.54) is 11.3 Å². The monoisotopic (exact) mass is 427 g/mol. The van der Waals surface area contributed by atoms with E-state index >= 15 is 0 Å². The first-order valence-electron chi connectivity index (χ1n) is 8.34. The average Bonchev–Trinajstić information content (AvgIpc) is 3.11. The van der Waals surface area contributed by atoms with Gasteiger partial charge in [0.2, 0.25) is 0 Å². The molecule has 0 aliphatic rings. The lowest BCUT2D eigenvalue weighted by Gasteiger charge is -2.03. The number of aryl methyl sites for hydroxylation is 1. The molecule has 0 radical (unpaired) electrons. The van der Waals surface area contributed by atoms with E-state index in [9.17, 15) is 10.1 Å². The van der Waals surface area contributed by atoms with Gasteiger partial charge in [-0.2, -0.15) is 5.26 Å². The van der Waals surface area contributed by atoms with Crippen LogP contribution in [0.25, 0.3) is 6.08 Å². The number of nitrogens with one attached hydrogen (secondary N) is 1. The molecular formula is C21H15Cl2N3OS. The molecule has 0 aliphatic carbocycles. The molecular weight excluding hydrogens is 413 g/mol. The smallest absolute Gasteiger partial charge is 0.268 e. The van der Waals surface area contributed by atoms with Crippen molar-refractivity contribution < 1.29 is 4.79 Å². The molecule has 3 aromatic rings. The summed E-state index contributed by atoms with van der Waals surface area (Å²) in [5.74, 6) is -0.493. The lowest BCUT2D eigenvalue weighted by Crippen LogP contribution is -2.13. The van der Waals surface area contributed by atoms with Crippen LogP contribution in [-0.4, -0.2) is 10.9 Å². The van der Waals surface area contributed by atoms with Gasteiger partial charge in [-0.25, -0.2) is 4.98 Å². The molecule has 0 aliphatic heterocycles. The second-order valence-corrected chi connectivity index (χ2v) is 7.90. The number of carbonyl (C=O) groups is 1. The van der Waals surface area contributed by atoms with Crippen molar-refractivity contribution >= 4 is 51.7 Å². The van der Waals surface area contributed by atoms with E-state index in [0.717, 1.165) is 21.6 Å². The molecule has 0 bridgehead atoms. The van der Waals surface area contributed by atoms with Gasteiger partial charge in [-0.1, -0.05) is 59.6 Å². The van der Waals surface area contributed by atoms with Gasteiger partial charge in [0.15, 0.2) is 5.13 Å². The van der Waals surface area contributed by atoms with Crippen molar-refractivity contribution in [2.75, 3.05) is 5.32 Å². The molecule has 3 rings (SSSR count). The largest absolute Gasteiger partial charge is 0.297 e. The summed E-state index contributed by atoms with van der Waals surface area (Å²) in [6.07, 6.45) is 3.80. The Morgan fingerprint density at radius 3 is 2.79 bits per heavy atom. The SMILES string of the molecule is Cc1ccccc1C=C(C#N)C(=O)Nc1ncc(Cc2cccc(Cl)c2Cl)s1. The number of anilines is 1. The molecule has 7 heteroatoms. The van der Waals surface area contributed by atoms with E-state index in [4.69, 9.17) is 23.2 Å². The van der Waals surface area contributed by atoms with E-state index < -0.39 is 5.91 Å². The van der Waals surface area contributed by atoms with Gasteiger partial charge in [-0.3, -0.25) is 10.1 Å². The molecule has 2 aromatic carbocycles. The third kappa shape index (κ3) is 4.79. The van der Waals surface area contributed by atoms with Gasteiger partial charge in [0.05, 0.1) is 10.0 Å². The number of carbonyl (C=O) groups excluding carboxylic acids is 1. The molecule has 0 saturated heterocycles. The number of amides is 1. The molecule has 1 heterocycles. The molecule has 4 nitrogen and oxygen atoms in total. The quantitative estimate of drug-likeness (QED) is 0.407. The van der Waals surface area contributed by atoms with Crippen LogP contribution in [0.3, 0.4) is 0 Å². The van der Waals surface area contributed by atoms with Gasteiger partial charge in [-0.05, 0) is 35.8 Å². The minimum absolute atomic E-state index is 0.0175. The zero-order chi connectivity index (χ0) is 20.1. The first-order chi connectivity index (χ1) is 13.5. The Bertz CT molecular complexity index is 1100. The van der Waals surface area contributed by atoms with Crippen molar-refractivity contribution in [1.29, 1.82) is 5.26 Å². The summed E-state index contributed by atoms with van der Waals surface area (Å²) in [4.78, 5) is 17.6. The molecule has 1 N–H and O–H groups in total. The predicted octanol–water partition coefficient (Wildman–Crippen LogP) is 5.89. The fourth-order valence-corrected chi connectivity index (χ4v) is 3.75. The molecule has 0 unspecified atom stereocenters. The average molecular weight is 428 g/mol. The summed E-state index contributed by atoms with van der Waals surface area (Å²) in [5, 5.41) is 13.5. The molecule has 28 heavy (non-hydrogen) atoms. The van der Waals surface area contributed by atoms with E-state index in [-0.39, 0.29) is 5.57 Å². The van der Waals surface area contributed by atoms with Crippen LogP contribution in [0.1, 0.15) is 21.6 Å². The van der Waals surface area contributed by atoms with Crippen LogP contribution < -0.4 is 5.32 Å². The maximum Gasteiger partial charge on any atom is 0.268 e. The fraction of sp³-hybridized carbons (Fsp3) is 0.0952. The number of nitriles is 1. The van der Waals surface area contributed by atoms with Crippen molar-refractivity contribution in [3.05, 3.63) is 85.8 Å². The molecule has 140 valence electrons. The standard InChI is InChI=1S/C21H15Cl2N3OS/c1-13-5-2-3-6-14(13)9-16(11-24)20(27)26-21-25-12-17(28-21)10-15-7-4-8-18(22)19(15)23/h2-9,12H,10H2,1H3,(H,25,26,27). The number of thiazole rings is 1. The highest BCUT2D eigenvalue weighted by atomic mass is 35.5. The predicted molar refractivity (Wildman–Crippen MR) is 115 cm³/mol. The van der Waals surface area contributed by atoms with Gasteiger partial charge in [-0.15, -0.1) is 11.3 Å². The Hall–Kier alpha value is -2.65. The maximum absolute atomic E-state index is 12.5. The Morgan fingerprint density at radius 2 is 2.04 bits per heavy atom. The lowest BCUT2D eigenvalue weighted by molar-refractivity contribution is -0.112. The topological polar surface area (TPSA) is 65.8 Å². The van der Waals surface area contributed by atoms with Crippen LogP contribution >= 0.6 is 34.5 Å². The van der Waals surface area contributed by atoms with Crippen LogP contribution in [0.5, 0.6) is 0 Å². The van der Waals surface area contributed by atoms with Gasteiger partial charge in [0, 0.05) is 17.5 Å². The Kier molecular flexibility index (Phi) is 6.48. The summed E-state index contributed by atoms with van der Waals surface area (Å²) in [6.45, 7) is 1.92. The van der Waals surface area contributed by atoms with Crippen LogP contribution in [-0.2, 0) is 11.2 Å². The van der Waals surface area contributed by atoms with Gasteiger partial charge in [0.25, 0.3) is 5.91 Å². The second-order valence-electron chi connectivity index (χ2n) is 6.00. The van der Waals surface area contributed by atoms with Crippen LogP contribution in [0.2, 0.25) is 10.0 Å². The molecule has 1 amide bonds. The highest BCUT2D eigenvalue weighted by molar-refractivity contribution is 7.15. The zero-order valence-electron chi connectivity index (χ0n) is 14.9. The summed E-state index contributed by atoms with van der Waals surface area (Å²) in [6, 6.07) is 15.0. The number of hydrogen-bond acceptors (Lipinski definition) is 4. The number of nitrogens with zero attached hydrogens (tertiary/aromatic N) is 2. The molecule has 0 atom stereocenters. The third-order valence-electron chi connectivity index (χ3n) is 4.02. The molecule has 0 spiro atoms. The lowest BCUT2D eigenvalue weighted by atomic mass is 10.1.